The maximum absolute atomic E-state index is 3.72. The van der Waals surface area contributed by atoms with Gasteiger partial charge in [0.2, 0.25) is 0 Å². The lowest BCUT2D eigenvalue weighted by atomic mass is 9.89. The first-order chi connectivity index (χ1) is 8.06. The second-order valence-electron chi connectivity index (χ2n) is 6.89. The molecule has 1 aliphatic heterocycles. The van der Waals surface area contributed by atoms with Gasteiger partial charge >= 0.3 is 0 Å². The van der Waals surface area contributed by atoms with Crippen LogP contribution in [-0.2, 0) is 0 Å². The number of hydrogen-bond acceptors (Lipinski definition) is 2. The predicted molar refractivity (Wildman–Crippen MR) is 74.2 cm³/mol. The lowest BCUT2D eigenvalue weighted by molar-refractivity contribution is 0.0720. The first-order valence-corrected chi connectivity index (χ1v) is 7.53. The van der Waals surface area contributed by atoms with Crippen molar-refractivity contribution in [2.24, 2.45) is 17.8 Å². The van der Waals surface area contributed by atoms with E-state index in [1.54, 1.807) is 0 Å². The van der Waals surface area contributed by atoms with E-state index in [4.69, 9.17) is 0 Å². The molecule has 0 bridgehead atoms. The summed E-state index contributed by atoms with van der Waals surface area (Å²) < 4.78 is 0. The van der Waals surface area contributed by atoms with E-state index >= 15 is 0 Å². The van der Waals surface area contributed by atoms with Gasteiger partial charge in [0.15, 0.2) is 0 Å². The molecule has 3 unspecified atom stereocenters. The average molecular weight is 238 g/mol. The Kier molecular flexibility index (Phi) is 4.48. The van der Waals surface area contributed by atoms with Gasteiger partial charge in [0, 0.05) is 31.7 Å². The highest BCUT2D eigenvalue weighted by atomic mass is 15.2. The molecule has 1 saturated heterocycles. The fraction of sp³-hybridized carbons (Fsp3) is 1.00. The molecule has 2 nitrogen and oxygen atoms in total. The summed E-state index contributed by atoms with van der Waals surface area (Å²) in [5.74, 6) is 2.51. The van der Waals surface area contributed by atoms with Gasteiger partial charge in [-0.15, -0.1) is 0 Å². The highest BCUT2D eigenvalue weighted by Gasteiger charge is 2.30. The maximum atomic E-state index is 3.72. The summed E-state index contributed by atoms with van der Waals surface area (Å²) in [7, 11) is 0. The van der Waals surface area contributed by atoms with Crippen molar-refractivity contribution in [2.75, 3.05) is 19.6 Å². The third-order valence-electron chi connectivity index (χ3n) is 4.33. The molecule has 0 radical (unpaired) electrons. The molecular weight excluding hydrogens is 208 g/mol. The Morgan fingerprint density at radius 2 is 1.71 bits per heavy atom. The zero-order valence-electron chi connectivity index (χ0n) is 12.1. The highest BCUT2D eigenvalue weighted by Crippen LogP contribution is 2.25. The van der Waals surface area contributed by atoms with Crippen molar-refractivity contribution in [3.8, 4) is 0 Å². The number of hydrogen-bond donors (Lipinski definition) is 1. The Balaban J connectivity index is 1.88. The van der Waals surface area contributed by atoms with Crippen LogP contribution in [0.1, 0.15) is 47.0 Å². The second-order valence-corrected chi connectivity index (χ2v) is 6.89. The summed E-state index contributed by atoms with van der Waals surface area (Å²) in [5, 5.41) is 3.72. The first kappa shape index (κ1) is 13.4. The molecule has 100 valence electrons. The third kappa shape index (κ3) is 3.96. The van der Waals surface area contributed by atoms with Gasteiger partial charge in [-0.25, -0.2) is 0 Å². The molecule has 1 heterocycles. The fourth-order valence-electron chi connectivity index (χ4n) is 3.34. The van der Waals surface area contributed by atoms with Gasteiger partial charge in [0.05, 0.1) is 0 Å². The molecule has 17 heavy (non-hydrogen) atoms. The van der Waals surface area contributed by atoms with Crippen LogP contribution >= 0.6 is 0 Å². The molecule has 0 aromatic rings. The quantitative estimate of drug-likeness (QED) is 0.792. The summed E-state index contributed by atoms with van der Waals surface area (Å²) in [6, 6.07) is 1.58. The van der Waals surface area contributed by atoms with E-state index in [1.165, 1.54) is 38.9 Å². The van der Waals surface area contributed by atoms with Crippen molar-refractivity contribution in [3.63, 3.8) is 0 Å². The minimum atomic E-state index is 0.737. The van der Waals surface area contributed by atoms with E-state index in [1.807, 2.05) is 0 Å². The topological polar surface area (TPSA) is 15.3 Å². The van der Waals surface area contributed by atoms with Gasteiger partial charge in [-0.3, -0.25) is 4.90 Å². The van der Waals surface area contributed by atoms with Crippen LogP contribution in [0.2, 0.25) is 0 Å². The van der Waals surface area contributed by atoms with Crippen molar-refractivity contribution < 1.29 is 0 Å². The van der Waals surface area contributed by atoms with Crippen LogP contribution in [0.15, 0.2) is 0 Å². The summed E-state index contributed by atoms with van der Waals surface area (Å²) >= 11 is 0. The smallest absolute Gasteiger partial charge is 0.0243 e. The average Bonchev–Trinajstić information content (AvgIpc) is 2.99. The molecule has 2 heteroatoms. The van der Waals surface area contributed by atoms with Crippen molar-refractivity contribution in [2.45, 2.75) is 59.0 Å². The van der Waals surface area contributed by atoms with E-state index in [0.717, 1.165) is 29.8 Å². The fourth-order valence-corrected chi connectivity index (χ4v) is 3.34. The Hall–Kier alpha value is -0.0800. The summed E-state index contributed by atoms with van der Waals surface area (Å²) in [6.45, 7) is 13.4. The van der Waals surface area contributed by atoms with Crippen LogP contribution < -0.4 is 5.32 Å². The van der Waals surface area contributed by atoms with Crippen LogP contribution in [0, 0.1) is 17.8 Å². The van der Waals surface area contributed by atoms with E-state index < -0.39 is 0 Å². The minimum absolute atomic E-state index is 0.737. The number of rotatable bonds is 5. The Morgan fingerprint density at radius 3 is 2.18 bits per heavy atom. The Morgan fingerprint density at radius 1 is 1.12 bits per heavy atom. The molecule has 0 aromatic heterocycles. The van der Waals surface area contributed by atoms with Crippen molar-refractivity contribution in [1.82, 2.24) is 10.2 Å². The Labute approximate surface area is 107 Å². The van der Waals surface area contributed by atoms with E-state index in [-0.39, 0.29) is 0 Å². The van der Waals surface area contributed by atoms with E-state index in [2.05, 4.69) is 37.9 Å². The van der Waals surface area contributed by atoms with Crippen LogP contribution in [0.4, 0.5) is 0 Å². The zero-order valence-corrected chi connectivity index (χ0v) is 12.1. The molecule has 2 rings (SSSR count). The predicted octanol–water partition coefficient (Wildman–Crippen LogP) is 2.74. The number of piperidine rings is 1. The lowest BCUT2D eigenvalue weighted by Crippen LogP contribution is -2.51. The summed E-state index contributed by atoms with van der Waals surface area (Å²) in [6.07, 6.45) is 4.21. The summed E-state index contributed by atoms with van der Waals surface area (Å²) in [4.78, 5) is 2.75. The SMILES string of the molecule is CC1CC(C)CN(C(CNC2CC2)C(C)C)C1. The molecule has 3 atom stereocenters. The van der Waals surface area contributed by atoms with Crippen LogP contribution in [0.25, 0.3) is 0 Å². The molecule has 1 saturated carbocycles. The zero-order chi connectivity index (χ0) is 12.4. The molecule has 0 spiro atoms. The summed E-state index contributed by atoms with van der Waals surface area (Å²) in [5.41, 5.74) is 0. The molecule has 2 fully saturated rings. The van der Waals surface area contributed by atoms with Crippen LogP contribution in [-0.4, -0.2) is 36.6 Å². The monoisotopic (exact) mass is 238 g/mol. The highest BCUT2D eigenvalue weighted by molar-refractivity contribution is 4.87. The van der Waals surface area contributed by atoms with Crippen molar-refractivity contribution >= 4 is 0 Å². The van der Waals surface area contributed by atoms with Crippen LogP contribution in [0.3, 0.4) is 0 Å². The van der Waals surface area contributed by atoms with Gasteiger partial charge in [-0.2, -0.15) is 0 Å². The lowest BCUT2D eigenvalue weighted by Gasteiger charge is -2.42. The molecule has 0 aromatic carbocycles. The van der Waals surface area contributed by atoms with Crippen LogP contribution in [0.5, 0.6) is 0 Å². The van der Waals surface area contributed by atoms with Crippen molar-refractivity contribution in [1.29, 1.82) is 0 Å². The molecule has 2 aliphatic rings. The number of nitrogens with one attached hydrogen (secondary N) is 1. The van der Waals surface area contributed by atoms with Crippen molar-refractivity contribution in [3.05, 3.63) is 0 Å². The second kappa shape index (κ2) is 5.71. The third-order valence-corrected chi connectivity index (χ3v) is 4.33. The number of nitrogens with zero attached hydrogens (tertiary/aromatic N) is 1. The largest absolute Gasteiger partial charge is 0.312 e. The van der Waals surface area contributed by atoms with E-state index in [0.29, 0.717) is 0 Å². The van der Waals surface area contributed by atoms with Gasteiger partial charge in [-0.05, 0) is 37.0 Å². The Bertz CT molecular complexity index is 225. The standard InChI is InChI=1S/C15H30N2/c1-11(2)15(8-16-14-5-6-14)17-9-12(3)7-13(4)10-17/h11-16H,5-10H2,1-4H3. The normalized spacial score (nSPS) is 33.0. The molecular formula is C15H30N2. The molecule has 1 N–H and O–H groups in total. The number of likely N-dealkylation sites (tertiary alicyclic amines) is 1. The molecule has 1 aliphatic carbocycles. The van der Waals surface area contributed by atoms with Gasteiger partial charge < -0.3 is 5.32 Å². The maximum Gasteiger partial charge on any atom is 0.0243 e. The minimum Gasteiger partial charge on any atom is -0.312 e. The van der Waals surface area contributed by atoms with Gasteiger partial charge in [-0.1, -0.05) is 27.7 Å². The first-order valence-electron chi connectivity index (χ1n) is 7.53. The molecule has 0 amide bonds. The van der Waals surface area contributed by atoms with Gasteiger partial charge in [0.1, 0.15) is 0 Å². The van der Waals surface area contributed by atoms with Gasteiger partial charge in [0.25, 0.3) is 0 Å². The van der Waals surface area contributed by atoms with E-state index in [9.17, 15) is 0 Å².